The first-order valence-electron chi connectivity index (χ1n) is 8.35. The van der Waals surface area contributed by atoms with Gasteiger partial charge in [0.2, 0.25) is 0 Å². The largest absolute Gasteiger partial charge is 0.459 e. The molecule has 26 heavy (non-hydrogen) atoms. The fraction of sp³-hybridized carbons (Fsp3) is 0.333. The number of nitrogens with zero attached hydrogens (tertiary/aromatic N) is 3. The summed E-state index contributed by atoms with van der Waals surface area (Å²) in [6, 6.07) is 11.5. The summed E-state index contributed by atoms with van der Waals surface area (Å²) < 4.78 is 16.8. The summed E-state index contributed by atoms with van der Waals surface area (Å²) in [7, 11) is 0. The van der Waals surface area contributed by atoms with E-state index in [1.807, 2.05) is 18.2 Å². The quantitative estimate of drug-likeness (QED) is 0.589. The van der Waals surface area contributed by atoms with E-state index in [-0.39, 0.29) is 6.10 Å². The van der Waals surface area contributed by atoms with Gasteiger partial charge in [0.25, 0.3) is 11.1 Å². The monoisotopic (exact) mass is 391 g/mol. The summed E-state index contributed by atoms with van der Waals surface area (Å²) in [6.45, 7) is 3.28. The van der Waals surface area contributed by atoms with Crippen LogP contribution in [-0.2, 0) is 11.3 Å². The molecule has 1 aromatic carbocycles. The third kappa shape index (κ3) is 4.29. The van der Waals surface area contributed by atoms with Crippen LogP contribution in [0.5, 0.6) is 0 Å². The minimum absolute atomic E-state index is 0.107. The van der Waals surface area contributed by atoms with Gasteiger partial charge in [-0.1, -0.05) is 41.6 Å². The zero-order valence-corrected chi connectivity index (χ0v) is 15.6. The van der Waals surface area contributed by atoms with Crippen molar-refractivity contribution in [1.29, 1.82) is 0 Å². The Kier molecular flexibility index (Phi) is 5.59. The summed E-state index contributed by atoms with van der Waals surface area (Å²) >= 11 is 7.77. The Morgan fingerprint density at radius 1 is 1.19 bits per heavy atom. The fourth-order valence-corrected chi connectivity index (χ4v) is 3.79. The first-order chi connectivity index (χ1) is 12.8. The summed E-state index contributed by atoms with van der Waals surface area (Å²) in [6.07, 6.45) is 1.69. The molecule has 8 heteroatoms. The van der Waals surface area contributed by atoms with Gasteiger partial charge in [0.05, 0.1) is 19.0 Å². The first-order valence-corrected chi connectivity index (χ1v) is 9.72. The predicted octanol–water partition coefficient (Wildman–Crippen LogP) is 3.98. The van der Waals surface area contributed by atoms with Crippen molar-refractivity contribution in [3.05, 3.63) is 53.2 Å². The van der Waals surface area contributed by atoms with Crippen molar-refractivity contribution >= 4 is 23.4 Å². The molecule has 1 fully saturated rings. The number of benzene rings is 1. The van der Waals surface area contributed by atoms with Gasteiger partial charge in [-0.15, -0.1) is 10.2 Å². The molecular weight excluding hydrogens is 374 g/mol. The molecule has 0 unspecified atom stereocenters. The fourth-order valence-electron chi connectivity index (χ4n) is 2.82. The van der Waals surface area contributed by atoms with Crippen LogP contribution in [0.3, 0.4) is 0 Å². The van der Waals surface area contributed by atoms with Gasteiger partial charge in [0.1, 0.15) is 0 Å². The van der Waals surface area contributed by atoms with Crippen molar-refractivity contribution in [3.63, 3.8) is 0 Å². The van der Waals surface area contributed by atoms with Crippen molar-refractivity contribution in [2.75, 3.05) is 25.4 Å². The van der Waals surface area contributed by atoms with E-state index < -0.39 is 0 Å². The molecule has 3 heterocycles. The van der Waals surface area contributed by atoms with Crippen molar-refractivity contribution in [2.24, 2.45) is 0 Å². The maximum absolute atomic E-state index is 6.27. The van der Waals surface area contributed by atoms with Crippen molar-refractivity contribution in [2.45, 2.75) is 17.9 Å². The van der Waals surface area contributed by atoms with Crippen LogP contribution in [0.4, 0.5) is 0 Å². The minimum atomic E-state index is 0.107. The highest BCUT2D eigenvalue weighted by Crippen LogP contribution is 2.25. The van der Waals surface area contributed by atoms with Gasteiger partial charge in [-0.3, -0.25) is 4.90 Å². The maximum Gasteiger partial charge on any atom is 0.284 e. The van der Waals surface area contributed by atoms with E-state index in [1.165, 1.54) is 11.8 Å². The van der Waals surface area contributed by atoms with Gasteiger partial charge in [-0.25, -0.2) is 0 Å². The van der Waals surface area contributed by atoms with Crippen molar-refractivity contribution < 1.29 is 13.6 Å². The number of hydrogen-bond donors (Lipinski definition) is 0. The van der Waals surface area contributed by atoms with Crippen LogP contribution in [0.25, 0.3) is 11.7 Å². The van der Waals surface area contributed by atoms with E-state index in [1.54, 1.807) is 18.4 Å². The van der Waals surface area contributed by atoms with Crippen LogP contribution >= 0.6 is 23.4 Å². The highest BCUT2D eigenvalue weighted by Gasteiger charge is 2.22. The molecule has 1 saturated heterocycles. The van der Waals surface area contributed by atoms with E-state index in [2.05, 4.69) is 21.2 Å². The van der Waals surface area contributed by atoms with Gasteiger partial charge in [0.15, 0.2) is 5.76 Å². The summed E-state index contributed by atoms with van der Waals surface area (Å²) in [4.78, 5) is 2.36. The lowest BCUT2D eigenvalue weighted by Crippen LogP contribution is -2.43. The van der Waals surface area contributed by atoms with Gasteiger partial charge >= 0.3 is 0 Å². The number of aromatic nitrogens is 2. The lowest BCUT2D eigenvalue weighted by molar-refractivity contribution is -0.0187. The summed E-state index contributed by atoms with van der Waals surface area (Å²) in [5, 5.41) is 9.38. The van der Waals surface area contributed by atoms with E-state index in [4.69, 9.17) is 25.2 Å². The third-order valence-corrected chi connectivity index (χ3v) is 5.42. The Morgan fingerprint density at radius 2 is 2.12 bits per heavy atom. The Bertz CT molecular complexity index is 840. The van der Waals surface area contributed by atoms with Crippen molar-refractivity contribution in [3.8, 4) is 11.7 Å². The predicted molar refractivity (Wildman–Crippen MR) is 99.2 cm³/mol. The zero-order valence-electron chi connectivity index (χ0n) is 14.0. The number of hydrogen-bond acceptors (Lipinski definition) is 7. The average Bonchev–Trinajstić information content (AvgIpc) is 3.34. The lowest BCUT2D eigenvalue weighted by Gasteiger charge is -2.32. The minimum Gasteiger partial charge on any atom is -0.459 e. The number of morpholine rings is 1. The topological polar surface area (TPSA) is 64.5 Å². The molecule has 0 N–H and O–H groups in total. The van der Waals surface area contributed by atoms with Crippen LogP contribution in [0.2, 0.25) is 5.02 Å². The first kappa shape index (κ1) is 17.6. The molecule has 0 radical (unpaired) electrons. The summed E-state index contributed by atoms with van der Waals surface area (Å²) in [5.41, 5.74) is 1.14. The number of halogens is 1. The zero-order chi connectivity index (χ0) is 17.8. The van der Waals surface area contributed by atoms with Crippen molar-refractivity contribution in [1.82, 2.24) is 15.1 Å². The maximum atomic E-state index is 6.27. The standard InChI is InChI=1S/C18H18ClN3O3S/c19-15-5-2-1-4-13(15)10-22-7-9-23-14(11-22)12-26-18-21-20-17(25-18)16-6-3-8-24-16/h1-6,8,14H,7,9-12H2/t14-/m1/s1. The Hall–Kier alpha value is -1.80. The second kappa shape index (κ2) is 8.26. The molecular formula is C18H18ClN3O3S. The second-order valence-electron chi connectivity index (χ2n) is 5.98. The molecule has 0 saturated carbocycles. The molecule has 0 amide bonds. The van der Waals surface area contributed by atoms with E-state index in [9.17, 15) is 0 Å². The van der Waals surface area contributed by atoms with E-state index in [0.717, 1.165) is 36.0 Å². The van der Waals surface area contributed by atoms with Gasteiger partial charge < -0.3 is 13.6 Å². The Morgan fingerprint density at radius 3 is 2.96 bits per heavy atom. The molecule has 0 aliphatic carbocycles. The molecule has 0 spiro atoms. The Balaban J connectivity index is 1.30. The molecule has 6 nitrogen and oxygen atoms in total. The van der Waals surface area contributed by atoms with Gasteiger partial charge in [-0.05, 0) is 23.8 Å². The van der Waals surface area contributed by atoms with Crippen LogP contribution < -0.4 is 0 Å². The van der Waals surface area contributed by atoms with Gasteiger partial charge in [-0.2, -0.15) is 0 Å². The van der Waals surface area contributed by atoms with Crippen LogP contribution in [0, 0.1) is 0 Å². The van der Waals surface area contributed by atoms with E-state index in [0.29, 0.717) is 23.5 Å². The second-order valence-corrected chi connectivity index (χ2v) is 7.36. The van der Waals surface area contributed by atoms with Crippen LogP contribution in [-0.4, -0.2) is 46.7 Å². The molecule has 2 aromatic heterocycles. The number of thioether (sulfide) groups is 1. The SMILES string of the molecule is Clc1ccccc1CN1CCO[C@@H](CSc2nnc(-c3ccco3)o2)C1. The molecule has 136 valence electrons. The molecule has 1 aliphatic rings. The number of rotatable bonds is 6. The smallest absolute Gasteiger partial charge is 0.284 e. The van der Waals surface area contributed by atoms with E-state index >= 15 is 0 Å². The molecule has 1 aliphatic heterocycles. The molecule has 3 aromatic rings. The molecule has 4 rings (SSSR count). The third-order valence-electron chi connectivity index (χ3n) is 4.11. The normalized spacial score (nSPS) is 18.3. The number of furan rings is 1. The summed E-state index contributed by atoms with van der Waals surface area (Å²) in [5.74, 6) is 1.71. The molecule has 0 bridgehead atoms. The van der Waals surface area contributed by atoms with Gasteiger partial charge in [0, 0.05) is 30.4 Å². The highest BCUT2D eigenvalue weighted by atomic mass is 35.5. The highest BCUT2D eigenvalue weighted by molar-refractivity contribution is 7.99. The number of ether oxygens (including phenoxy) is 1. The van der Waals surface area contributed by atoms with Crippen LogP contribution in [0.15, 0.2) is 56.7 Å². The molecule has 1 atom stereocenters. The lowest BCUT2D eigenvalue weighted by atomic mass is 10.2. The Labute approximate surface area is 160 Å². The average molecular weight is 392 g/mol. The van der Waals surface area contributed by atoms with Crippen LogP contribution in [0.1, 0.15) is 5.56 Å².